The topological polar surface area (TPSA) is 24.1 Å². The molecule has 13 heavy (non-hydrogen) atoms. The van der Waals surface area contributed by atoms with Crippen molar-refractivity contribution < 1.29 is 0 Å². The van der Waals surface area contributed by atoms with Gasteiger partial charge in [-0.25, -0.2) is 0 Å². The van der Waals surface area contributed by atoms with Gasteiger partial charge >= 0.3 is 0 Å². The third-order valence-electron chi connectivity index (χ3n) is 1.78. The van der Waals surface area contributed by atoms with Crippen LogP contribution in [0.1, 0.15) is 34.1 Å². The van der Waals surface area contributed by atoms with Crippen molar-refractivity contribution in [2.75, 3.05) is 0 Å². The predicted molar refractivity (Wildman–Crippen MR) is 66.4 cm³/mol. The van der Waals surface area contributed by atoms with Crippen molar-refractivity contribution in [3.8, 4) is 0 Å². The van der Waals surface area contributed by atoms with Crippen LogP contribution in [0.15, 0.2) is 0 Å². The molecule has 0 aliphatic rings. The zero-order valence-corrected chi connectivity index (χ0v) is 10.3. The monoisotopic (exact) mass is 218 g/mol. The summed E-state index contributed by atoms with van der Waals surface area (Å²) in [5, 5.41) is 6.28. The lowest BCUT2D eigenvalue weighted by Gasteiger charge is -2.35. The highest BCUT2D eigenvalue weighted by atomic mass is 32.1. The molecule has 0 amide bonds. The fourth-order valence-electron chi connectivity index (χ4n) is 1.53. The zero-order valence-electron chi connectivity index (χ0n) is 8.68. The van der Waals surface area contributed by atoms with Crippen LogP contribution in [-0.2, 0) is 0 Å². The Morgan fingerprint density at radius 2 is 1.23 bits per heavy atom. The Hall–Kier alpha value is -0.220. The van der Waals surface area contributed by atoms with Gasteiger partial charge in [0.05, 0.1) is 11.0 Å². The third-order valence-corrected chi connectivity index (χ3v) is 2.02. The van der Waals surface area contributed by atoms with Crippen molar-refractivity contribution in [3.05, 3.63) is 0 Å². The summed E-state index contributed by atoms with van der Waals surface area (Å²) in [6.45, 7) is 8.45. The summed E-state index contributed by atoms with van der Waals surface area (Å²) in [7, 11) is 0. The average molecular weight is 218 g/mol. The van der Waals surface area contributed by atoms with Gasteiger partial charge in [-0.05, 0) is 34.1 Å². The Kier molecular flexibility index (Phi) is 4.78. The Morgan fingerprint density at radius 3 is 1.46 bits per heavy atom. The lowest BCUT2D eigenvalue weighted by Crippen LogP contribution is -2.49. The predicted octanol–water partition coefficient (Wildman–Crippen LogP) is 2.03. The quantitative estimate of drug-likeness (QED) is 0.666. The molecule has 2 nitrogen and oxygen atoms in total. The maximum Gasteiger partial charge on any atom is 0.0618 e. The first kappa shape index (κ1) is 12.8. The SMILES string of the molecule is CC(C)(CC(C)(C)NC=S)NC=S. The first-order chi connectivity index (χ1) is 5.83. The zero-order chi connectivity index (χ0) is 10.5. The van der Waals surface area contributed by atoms with Gasteiger partial charge in [0.25, 0.3) is 0 Å². The fraction of sp³-hybridized carbons (Fsp3) is 0.778. The minimum absolute atomic E-state index is 0.00338. The summed E-state index contributed by atoms with van der Waals surface area (Å²) < 4.78 is 0. The summed E-state index contributed by atoms with van der Waals surface area (Å²) in [6.07, 6.45) is 0.945. The van der Waals surface area contributed by atoms with Crippen molar-refractivity contribution in [2.45, 2.75) is 45.2 Å². The molecule has 0 aliphatic carbocycles. The normalized spacial score (nSPS) is 12.0. The molecule has 0 atom stereocenters. The van der Waals surface area contributed by atoms with Gasteiger partial charge in [0.2, 0.25) is 0 Å². The Labute approximate surface area is 91.5 Å². The maximum atomic E-state index is 4.77. The van der Waals surface area contributed by atoms with E-state index in [-0.39, 0.29) is 11.1 Å². The number of hydrogen-bond donors (Lipinski definition) is 2. The average Bonchev–Trinajstić information content (AvgIpc) is 1.82. The van der Waals surface area contributed by atoms with Crippen molar-refractivity contribution in [3.63, 3.8) is 0 Å². The van der Waals surface area contributed by atoms with Crippen LogP contribution in [-0.4, -0.2) is 22.1 Å². The van der Waals surface area contributed by atoms with E-state index in [1.54, 1.807) is 11.0 Å². The number of thiocarbonyl (C=S) groups is 2. The van der Waals surface area contributed by atoms with Crippen LogP contribution in [0.4, 0.5) is 0 Å². The largest absolute Gasteiger partial charge is 0.377 e. The van der Waals surface area contributed by atoms with Crippen LogP contribution in [0.2, 0.25) is 0 Å². The summed E-state index contributed by atoms with van der Waals surface area (Å²) in [6, 6.07) is 0. The van der Waals surface area contributed by atoms with Gasteiger partial charge in [0, 0.05) is 11.1 Å². The van der Waals surface area contributed by atoms with E-state index < -0.39 is 0 Å². The lowest BCUT2D eigenvalue weighted by molar-refractivity contribution is 0.307. The van der Waals surface area contributed by atoms with Crippen LogP contribution in [0.5, 0.6) is 0 Å². The number of nitrogens with one attached hydrogen (secondary N) is 2. The highest BCUT2D eigenvalue weighted by Gasteiger charge is 2.26. The van der Waals surface area contributed by atoms with E-state index in [1.807, 2.05) is 0 Å². The second-order valence-electron chi connectivity index (χ2n) is 4.47. The van der Waals surface area contributed by atoms with Gasteiger partial charge in [-0.15, -0.1) is 0 Å². The van der Waals surface area contributed by atoms with Crippen molar-refractivity contribution in [2.24, 2.45) is 0 Å². The number of rotatable bonds is 6. The van der Waals surface area contributed by atoms with Gasteiger partial charge in [-0.1, -0.05) is 24.4 Å². The standard InChI is InChI=1S/C9H18N2S2/c1-8(2,10-6-12)5-9(3,4)11-7-13/h6-7H,5H2,1-4H3,(H,10,12)(H,11,13). The van der Waals surface area contributed by atoms with E-state index in [0.717, 1.165) is 6.42 Å². The van der Waals surface area contributed by atoms with Gasteiger partial charge in [-0.2, -0.15) is 0 Å². The molecule has 0 bridgehead atoms. The van der Waals surface area contributed by atoms with E-state index in [4.69, 9.17) is 24.4 Å². The van der Waals surface area contributed by atoms with E-state index >= 15 is 0 Å². The molecule has 2 N–H and O–H groups in total. The third kappa shape index (κ3) is 5.93. The first-order valence-corrected chi connectivity index (χ1v) is 5.20. The van der Waals surface area contributed by atoms with Gasteiger partial charge in [-0.3, -0.25) is 0 Å². The molecule has 0 rings (SSSR count). The molecule has 0 aromatic heterocycles. The maximum absolute atomic E-state index is 4.77. The molecule has 0 aromatic rings. The Morgan fingerprint density at radius 1 is 0.923 bits per heavy atom. The van der Waals surface area contributed by atoms with Crippen LogP contribution in [0, 0.1) is 0 Å². The van der Waals surface area contributed by atoms with Crippen LogP contribution in [0.3, 0.4) is 0 Å². The van der Waals surface area contributed by atoms with E-state index in [9.17, 15) is 0 Å². The molecule has 0 fully saturated rings. The van der Waals surface area contributed by atoms with E-state index in [1.165, 1.54) is 0 Å². The molecule has 4 heteroatoms. The Balaban J connectivity index is 4.22. The minimum atomic E-state index is -0.00338. The fourth-order valence-corrected chi connectivity index (χ4v) is 2.16. The van der Waals surface area contributed by atoms with Crippen molar-refractivity contribution in [1.29, 1.82) is 0 Å². The van der Waals surface area contributed by atoms with E-state index in [2.05, 4.69) is 38.3 Å². The number of hydrogen-bond acceptors (Lipinski definition) is 2. The summed E-state index contributed by atoms with van der Waals surface area (Å²) >= 11 is 9.54. The molecule has 0 saturated heterocycles. The molecule has 0 saturated carbocycles. The smallest absolute Gasteiger partial charge is 0.0618 e. The first-order valence-electron chi connectivity index (χ1n) is 4.26. The summed E-state index contributed by atoms with van der Waals surface area (Å²) in [5.41, 5.74) is 3.12. The molecular formula is C9H18N2S2. The van der Waals surface area contributed by atoms with Gasteiger partial charge in [0.1, 0.15) is 0 Å². The highest BCUT2D eigenvalue weighted by molar-refractivity contribution is 7.79. The summed E-state index contributed by atoms with van der Waals surface area (Å²) in [4.78, 5) is 0. The molecular weight excluding hydrogens is 200 g/mol. The molecule has 0 unspecified atom stereocenters. The molecule has 0 heterocycles. The molecule has 0 radical (unpaired) electrons. The molecule has 0 spiro atoms. The highest BCUT2D eigenvalue weighted by Crippen LogP contribution is 2.18. The lowest BCUT2D eigenvalue weighted by atomic mass is 9.87. The minimum Gasteiger partial charge on any atom is -0.377 e. The second kappa shape index (κ2) is 4.86. The molecule has 0 aromatic carbocycles. The van der Waals surface area contributed by atoms with Gasteiger partial charge in [0.15, 0.2) is 0 Å². The molecule has 0 aliphatic heterocycles. The van der Waals surface area contributed by atoms with Crippen LogP contribution >= 0.6 is 24.4 Å². The second-order valence-corrected chi connectivity index (χ2v) is 4.94. The van der Waals surface area contributed by atoms with E-state index in [0.29, 0.717) is 0 Å². The van der Waals surface area contributed by atoms with Crippen LogP contribution in [0.25, 0.3) is 0 Å². The van der Waals surface area contributed by atoms with Crippen molar-refractivity contribution in [1.82, 2.24) is 10.6 Å². The van der Waals surface area contributed by atoms with Crippen molar-refractivity contribution >= 4 is 35.4 Å². The Bertz CT molecular complexity index is 168. The van der Waals surface area contributed by atoms with Gasteiger partial charge < -0.3 is 10.6 Å². The molecule has 76 valence electrons. The van der Waals surface area contributed by atoms with Crippen LogP contribution < -0.4 is 10.6 Å². The summed E-state index contributed by atoms with van der Waals surface area (Å²) in [5.74, 6) is 0.